The molecule has 1 aliphatic rings. The Bertz CT molecular complexity index is 1280. The number of nitrogens with zero attached hydrogens (tertiary/aromatic N) is 2. The molecule has 0 spiro atoms. The topological polar surface area (TPSA) is 125 Å². The van der Waals surface area contributed by atoms with Gasteiger partial charge in [-0.3, -0.25) is 29.4 Å². The van der Waals surface area contributed by atoms with E-state index in [1.165, 1.54) is 24.4 Å². The summed E-state index contributed by atoms with van der Waals surface area (Å²) in [4.78, 5) is 52.2. The quantitative estimate of drug-likeness (QED) is 0.334. The normalized spacial score (nSPS) is 15.0. The molecule has 1 fully saturated rings. The van der Waals surface area contributed by atoms with Crippen LogP contribution in [0.15, 0.2) is 53.6 Å². The molecular formula is C22H18N4O5S. The van der Waals surface area contributed by atoms with Crippen LogP contribution in [0.25, 0.3) is 17.0 Å². The van der Waals surface area contributed by atoms with Crippen molar-refractivity contribution < 1.29 is 19.3 Å². The van der Waals surface area contributed by atoms with E-state index < -0.39 is 22.0 Å². The molecule has 3 aromatic rings. The molecule has 2 heterocycles. The van der Waals surface area contributed by atoms with Gasteiger partial charge >= 0.3 is 0 Å². The maximum Gasteiger partial charge on any atom is 0.293 e. The van der Waals surface area contributed by atoms with Crippen LogP contribution in [0.3, 0.4) is 0 Å². The molecule has 4 rings (SSSR count). The van der Waals surface area contributed by atoms with E-state index in [1.807, 2.05) is 31.2 Å². The highest BCUT2D eigenvalue weighted by Gasteiger charge is 2.34. The van der Waals surface area contributed by atoms with Gasteiger partial charge in [0.15, 0.2) is 0 Å². The lowest BCUT2D eigenvalue weighted by molar-refractivity contribution is -0.384. The zero-order chi connectivity index (χ0) is 22.8. The van der Waals surface area contributed by atoms with Crippen molar-refractivity contribution in [3.8, 4) is 0 Å². The summed E-state index contributed by atoms with van der Waals surface area (Å²) in [6, 6.07) is 11.8. The van der Waals surface area contributed by atoms with Crippen LogP contribution in [-0.2, 0) is 4.79 Å². The predicted molar refractivity (Wildman–Crippen MR) is 121 cm³/mol. The van der Waals surface area contributed by atoms with E-state index >= 15 is 0 Å². The van der Waals surface area contributed by atoms with E-state index in [0.717, 1.165) is 27.8 Å². The first-order chi connectivity index (χ1) is 15.3. The molecule has 0 aliphatic carbocycles. The Hall–Kier alpha value is -3.92. The first-order valence-corrected chi connectivity index (χ1v) is 10.5. The van der Waals surface area contributed by atoms with Crippen molar-refractivity contribution in [1.82, 2.24) is 15.2 Å². The fraction of sp³-hybridized carbons (Fsp3) is 0.136. The van der Waals surface area contributed by atoms with E-state index in [0.29, 0.717) is 15.8 Å². The number of amides is 3. The second-order valence-corrected chi connectivity index (χ2v) is 8.18. The number of hydrogen-bond donors (Lipinski definition) is 2. The van der Waals surface area contributed by atoms with Gasteiger partial charge in [0, 0.05) is 42.3 Å². The van der Waals surface area contributed by atoms with Crippen molar-refractivity contribution in [2.24, 2.45) is 0 Å². The minimum Gasteiger partial charge on any atom is -0.360 e. The van der Waals surface area contributed by atoms with Crippen molar-refractivity contribution >= 4 is 51.5 Å². The number of aromatic nitrogens is 1. The van der Waals surface area contributed by atoms with E-state index in [2.05, 4.69) is 10.3 Å². The Morgan fingerprint density at radius 3 is 2.69 bits per heavy atom. The molecule has 0 unspecified atom stereocenters. The third-order valence-corrected chi connectivity index (χ3v) is 5.90. The number of thioether (sulfide) groups is 1. The predicted octanol–water partition coefficient (Wildman–Crippen LogP) is 3.85. The number of aryl methyl sites for hydroxylation is 1. The van der Waals surface area contributed by atoms with Gasteiger partial charge in [-0.2, -0.15) is 0 Å². The second kappa shape index (κ2) is 8.67. The van der Waals surface area contributed by atoms with Gasteiger partial charge in [0.2, 0.25) is 0 Å². The number of non-ortho nitro benzene ring substituents is 1. The number of carbonyl (C=O) groups is 3. The van der Waals surface area contributed by atoms with Crippen molar-refractivity contribution in [3.05, 3.63) is 80.4 Å². The molecule has 0 bridgehead atoms. The van der Waals surface area contributed by atoms with E-state index in [9.17, 15) is 24.5 Å². The van der Waals surface area contributed by atoms with Crippen molar-refractivity contribution in [3.63, 3.8) is 0 Å². The van der Waals surface area contributed by atoms with E-state index in [-0.39, 0.29) is 24.3 Å². The van der Waals surface area contributed by atoms with Gasteiger partial charge < -0.3 is 10.3 Å². The number of rotatable bonds is 6. The summed E-state index contributed by atoms with van der Waals surface area (Å²) in [6.45, 7) is 2.03. The summed E-state index contributed by atoms with van der Waals surface area (Å²) in [6.07, 6.45) is 3.13. The van der Waals surface area contributed by atoms with Crippen LogP contribution in [0, 0.1) is 17.0 Å². The Morgan fingerprint density at radius 2 is 1.97 bits per heavy atom. The molecule has 2 N–H and O–H groups in total. The van der Waals surface area contributed by atoms with Crippen LogP contribution in [0.1, 0.15) is 21.5 Å². The first-order valence-electron chi connectivity index (χ1n) is 9.69. The fourth-order valence-electron chi connectivity index (χ4n) is 3.29. The molecule has 0 saturated carbocycles. The van der Waals surface area contributed by atoms with Gasteiger partial charge in [0.05, 0.1) is 15.4 Å². The lowest BCUT2D eigenvalue weighted by Crippen LogP contribution is -2.37. The van der Waals surface area contributed by atoms with Crippen molar-refractivity contribution in [2.75, 3.05) is 13.1 Å². The zero-order valence-electron chi connectivity index (χ0n) is 17.0. The standard InChI is InChI=1S/C22H18N4O5S/c1-13-2-4-14(5-3-13)10-19-21(28)25(22(29)32-19)9-8-23-20(27)17-12-24-18-7-6-15(26(30)31)11-16(17)18/h2-7,10-12,24H,8-9H2,1H3,(H,23,27)/b19-10-. The molecule has 1 aliphatic heterocycles. The lowest BCUT2D eigenvalue weighted by Gasteiger charge is -2.12. The Morgan fingerprint density at radius 1 is 1.22 bits per heavy atom. The third kappa shape index (κ3) is 4.26. The van der Waals surface area contributed by atoms with Crippen LogP contribution < -0.4 is 5.32 Å². The Labute approximate surface area is 186 Å². The van der Waals surface area contributed by atoms with E-state index in [4.69, 9.17) is 0 Å². The molecule has 0 atom stereocenters. The van der Waals surface area contributed by atoms with Crippen LogP contribution in [-0.4, -0.2) is 45.0 Å². The molecular weight excluding hydrogens is 432 g/mol. The van der Waals surface area contributed by atoms with E-state index in [1.54, 1.807) is 6.08 Å². The minimum absolute atomic E-state index is 0.0180. The number of benzene rings is 2. The average Bonchev–Trinajstić information content (AvgIpc) is 3.31. The largest absolute Gasteiger partial charge is 0.360 e. The highest BCUT2D eigenvalue weighted by atomic mass is 32.2. The Balaban J connectivity index is 1.40. The smallest absolute Gasteiger partial charge is 0.293 e. The number of carbonyl (C=O) groups excluding carboxylic acids is 3. The molecule has 2 aromatic carbocycles. The number of fused-ring (bicyclic) bond motifs is 1. The van der Waals surface area contributed by atoms with Gasteiger partial charge in [0.25, 0.3) is 22.7 Å². The zero-order valence-corrected chi connectivity index (χ0v) is 17.8. The first kappa shape index (κ1) is 21.3. The fourth-order valence-corrected chi connectivity index (χ4v) is 4.16. The van der Waals surface area contributed by atoms with Crippen molar-refractivity contribution in [2.45, 2.75) is 6.92 Å². The van der Waals surface area contributed by atoms with Crippen molar-refractivity contribution in [1.29, 1.82) is 0 Å². The minimum atomic E-state index is -0.530. The van der Waals surface area contributed by atoms with Crippen LogP contribution in [0.2, 0.25) is 0 Å². The van der Waals surface area contributed by atoms with Gasteiger partial charge in [-0.05, 0) is 36.4 Å². The monoisotopic (exact) mass is 450 g/mol. The number of nitrogens with one attached hydrogen (secondary N) is 2. The number of aromatic amines is 1. The summed E-state index contributed by atoms with van der Waals surface area (Å²) < 4.78 is 0. The maximum absolute atomic E-state index is 12.6. The second-order valence-electron chi connectivity index (χ2n) is 7.19. The number of hydrogen-bond acceptors (Lipinski definition) is 6. The summed E-state index contributed by atoms with van der Waals surface area (Å²) in [5.41, 5.74) is 2.63. The number of H-pyrrole nitrogens is 1. The maximum atomic E-state index is 12.6. The summed E-state index contributed by atoms with van der Waals surface area (Å²) in [5, 5.41) is 13.7. The summed E-state index contributed by atoms with van der Waals surface area (Å²) >= 11 is 0.861. The summed E-state index contributed by atoms with van der Waals surface area (Å²) in [5.74, 6) is -0.864. The SMILES string of the molecule is Cc1ccc(/C=C2\SC(=O)N(CCNC(=O)c3c[nH]c4ccc([N+](=O)[O-])cc34)C2=O)cc1. The van der Waals surface area contributed by atoms with Gasteiger partial charge in [-0.25, -0.2) is 0 Å². The van der Waals surface area contributed by atoms with Gasteiger partial charge in [-0.15, -0.1) is 0 Å². The highest BCUT2D eigenvalue weighted by molar-refractivity contribution is 8.18. The highest BCUT2D eigenvalue weighted by Crippen LogP contribution is 2.32. The van der Waals surface area contributed by atoms with Crippen LogP contribution >= 0.6 is 11.8 Å². The molecule has 9 nitrogen and oxygen atoms in total. The molecule has 3 amide bonds. The third-order valence-electron chi connectivity index (χ3n) is 4.99. The molecule has 32 heavy (non-hydrogen) atoms. The molecule has 10 heteroatoms. The van der Waals surface area contributed by atoms with Gasteiger partial charge in [-0.1, -0.05) is 29.8 Å². The molecule has 162 valence electrons. The summed E-state index contributed by atoms with van der Waals surface area (Å²) in [7, 11) is 0. The van der Waals surface area contributed by atoms with Gasteiger partial charge in [0.1, 0.15) is 0 Å². The average molecular weight is 450 g/mol. The molecule has 0 radical (unpaired) electrons. The number of nitro benzene ring substituents is 1. The Kier molecular flexibility index (Phi) is 5.78. The number of nitro groups is 1. The lowest BCUT2D eigenvalue weighted by atomic mass is 10.1. The number of imide groups is 1. The molecule has 1 saturated heterocycles. The molecule has 1 aromatic heterocycles. The van der Waals surface area contributed by atoms with Crippen LogP contribution in [0.4, 0.5) is 10.5 Å². The van der Waals surface area contributed by atoms with Crippen LogP contribution in [0.5, 0.6) is 0 Å².